The lowest BCUT2D eigenvalue weighted by atomic mass is 10.2. The lowest BCUT2D eigenvalue weighted by Crippen LogP contribution is -2.51. The molecule has 0 aliphatic heterocycles. The minimum absolute atomic E-state index is 0.530. The summed E-state index contributed by atoms with van der Waals surface area (Å²) in [4.78, 5) is 0. The summed E-state index contributed by atoms with van der Waals surface area (Å²) in [6.45, 7) is 10.6. The molecule has 0 amide bonds. The number of rotatable bonds is 8. The van der Waals surface area contributed by atoms with Gasteiger partial charge < -0.3 is 8.85 Å². The second kappa shape index (κ2) is 7.75. The summed E-state index contributed by atoms with van der Waals surface area (Å²) in [5.74, 6) is 1.13. The van der Waals surface area contributed by atoms with Crippen molar-refractivity contribution in [2.24, 2.45) is 11.8 Å². The van der Waals surface area contributed by atoms with E-state index in [4.69, 9.17) is 8.85 Å². The van der Waals surface area contributed by atoms with E-state index >= 15 is 0 Å². The minimum Gasteiger partial charge on any atom is -0.393 e. The molecule has 2 unspecified atom stereocenters. The van der Waals surface area contributed by atoms with Crippen LogP contribution in [0.15, 0.2) is 24.3 Å². The maximum atomic E-state index is 6.62. The van der Waals surface area contributed by atoms with Crippen LogP contribution in [0.5, 0.6) is 0 Å². The van der Waals surface area contributed by atoms with Gasteiger partial charge in [0, 0.05) is 24.3 Å². The maximum absolute atomic E-state index is 6.62. The Hall–Kier alpha value is -0.383. The Kier molecular flexibility index (Phi) is 6.27. The smallest absolute Gasteiger partial charge is 0.352 e. The van der Waals surface area contributed by atoms with E-state index < -0.39 is 8.56 Å². The van der Waals surface area contributed by atoms with Crippen molar-refractivity contribution < 1.29 is 8.85 Å². The molecule has 2 atom stereocenters. The van der Waals surface area contributed by atoms with Gasteiger partial charge in [0.15, 0.2) is 0 Å². The fraction of sp³-hybridized carbons (Fsp3) is 0.778. The van der Waals surface area contributed by atoms with E-state index in [-0.39, 0.29) is 0 Å². The average molecular weight is 309 g/mol. The predicted octanol–water partition coefficient (Wildman–Crippen LogP) is 5.21. The zero-order valence-corrected chi connectivity index (χ0v) is 15.2. The Labute approximate surface area is 131 Å². The standard InChI is InChI=1S/C18H32O2Si/c1-15(2)13-19-21(20-14-16(3)4,17-9-5-6-10-17)18-11-7-8-12-18/h5,7,9,11,15-18H,6,8,10,12-14H2,1-4H3. The van der Waals surface area contributed by atoms with Gasteiger partial charge in [-0.15, -0.1) is 0 Å². The molecule has 0 saturated heterocycles. The Morgan fingerprint density at radius 1 is 0.857 bits per heavy atom. The van der Waals surface area contributed by atoms with Gasteiger partial charge in [0.2, 0.25) is 0 Å². The van der Waals surface area contributed by atoms with Crippen molar-refractivity contribution in [3.8, 4) is 0 Å². The normalized spacial score (nSPS) is 25.6. The molecular weight excluding hydrogens is 276 g/mol. The van der Waals surface area contributed by atoms with Crippen molar-refractivity contribution in [3.63, 3.8) is 0 Å². The molecule has 0 saturated carbocycles. The van der Waals surface area contributed by atoms with E-state index in [2.05, 4.69) is 52.0 Å². The van der Waals surface area contributed by atoms with Crippen LogP contribution in [-0.4, -0.2) is 21.8 Å². The molecule has 3 heteroatoms. The molecule has 120 valence electrons. The Morgan fingerprint density at radius 3 is 1.57 bits per heavy atom. The third-order valence-corrected chi connectivity index (χ3v) is 8.61. The third kappa shape index (κ3) is 4.30. The van der Waals surface area contributed by atoms with E-state index in [9.17, 15) is 0 Å². The minimum atomic E-state index is -2.23. The number of hydrogen-bond donors (Lipinski definition) is 0. The van der Waals surface area contributed by atoms with E-state index in [1.54, 1.807) is 0 Å². The van der Waals surface area contributed by atoms with Gasteiger partial charge in [0.05, 0.1) is 0 Å². The van der Waals surface area contributed by atoms with Crippen molar-refractivity contribution in [2.45, 2.75) is 64.5 Å². The van der Waals surface area contributed by atoms with Gasteiger partial charge >= 0.3 is 8.56 Å². The molecule has 0 aromatic carbocycles. The van der Waals surface area contributed by atoms with Crippen LogP contribution in [0.3, 0.4) is 0 Å². The molecule has 0 spiro atoms. The molecule has 0 bridgehead atoms. The summed E-state index contributed by atoms with van der Waals surface area (Å²) in [5, 5.41) is 0. The topological polar surface area (TPSA) is 18.5 Å². The van der Waals surface area contributed by atoms with Crippen molar-refractivity contribution in [3.05, 3.63) is 24.3 Å². The molecular formula is C18H32O2Si. The van der Waals surface area contributed by atoms with Crippen molar-refractivity contribution in [1.29, 1.82) is 0 Å². The van der Waals surface area contributed by atoms with Crippen molar-refractivity contribution in [1.82, 2.24) is 0 Å². The summed E-state index contributed by atoms with van der Waals surface area (Å²) in [6, 6.07) is 0. The molecule has 0 aromatic rings. The zero-order chi connectivity index (χ0) is 15.3. The largest absolute Gasteiger partial charge is 0.393 e. The van der Waals surface area contributed by atoms with Crippen LogP contribution >= 0.6 is 0 Å². The second-order valence-corrected chi connectivity index (χ2v) is 10.9. The summed E-state index contributed by atoms with van der Waals surface area (Å²) >= 11 is 0. The maximum Gasteiger partial charge on any atom is 0.352 e. The SMILES string of the molecule is CC(C)CO[Si](OCC(C)C)(C1C=CCC1)C1C=CCC1. The molecule has 2 nitrogen and oxygen atoms in total. The van der Waals surface area contributed by atoms with Gasteiger partial charge in [0.1, 0.15) is 0 Å². The van der Waals surface area contributed by atoms with Gasteiger partial charge in [-0.25, -0.2) is 0 Å². The molecule has 2 aliphatic carbocycles. The first-order valence-electron chi connectivity index (χ1n) is 8.66. The summed E-state index contributed by atoms with van der Waals surface area (Å²) in [5.41, 5.74) is 1.06. The first-order chi connectivity index (χ1) is 10.0. The summed E-state index contributed by atoms with van der Waals surface area (Å²) in [7, 11) is -2.23. The van der Waals surface area contributed by atoms with Crippen LogP contribution in [0, 0.1) is 11.8 Å². The van der Waals surface area contributed by atoms with E-state index in [1.807, 2.05) is 0 Å². The Bertz CT molecular complexity index is 337. The second-order valence-electron chi connectivity index (χ2n) is 7.36. The molecule has 0 N–H and O–H groups in total. The van der Waals surface area contributed by atoms with Gasteiger partial charge in [-0.1, -0.05) is 52.0 Å². The molecule has 0 aromatic heterocycles. The Morgan fingerprint density at radius 2 is 1.29 bits per heavy atom. The lowest BCUT2D eigenvalue weighted by Gasteiger charge is -2.40. The fourth-order valence-electron chi connectivity index (χ4n) is 3.27. The lowest BCUT2D eigenvalue weighted by molar-refractivity contribution is 0.127. The summed E-state index contributed by atoms with van der Waals surface area (Å²) in [6.07, 6.45) is 14.2. The average Bonchev–Trinajstić information content (AvgIpc) is 3.12. The van der Waals surface area contributed by atoms with Gasteiger partial charge in [-0.2, -0.15) is 0 Å². The monoisotopic (exact) mass is 308 g/mol. The number of allylic oxidation sites excluding steroid dienone is 4. The van der Waals surface area contributed by atoms with Crippen molar-refractivity contribution in [2.75, 3.05) is 13.2 Å². The molecule has 2 rings (SSSR count). The quantitative estimate of drug-likeness (QED) is 0.452. The van der Waals surface area contributed by atoms with Crippen LogP contribution in [0.25, 0.3) is 0 Å². The van der Waals surface area contributed by atoms with Crippen LogP contribution in [0.2, 0.25) is 11.1 Å². The highest BCUT2D eigenvalue weighted by Crippen LogP contribution is 2.46. The Balaban J connectivity index is 2.21. The highest BCUT2D eigenvalue weighted by Gasteiger charge is 2.51. The molecule has 21 heavy (non-hydrogen) atoms. The zero-order valence-electron chi connectivity index (χ0n) is 14.2. The van der Waals surface area contributed by atoms with Crippen LogP contribution in [0.4, 0.5) is 0 Å². The molecule has 2 aliphatic rings. The van der Waals surface area contributed by atoms with Crippen LogP contribution in [-0.2, 0) is 8.85 Å². The predicted molar refractivity (Wildman–Crippen MR) is 91.6 cm³/mol. The van der Waals surface area contributed by atoms with E-state index in [0.717, 1.165) is 13.2 Å². The number of hydrogen-bond acceptors (Lipinski definition) is 2. The molecule has 0 radical (unpaired) electrons. The van der Waals surface area contributed by atoms with Gasteiger partial charge in [-0.3, -0.25) is 0 Å². The summed E-state index contributed by atoms with van der Waals surface area (Å²) < 4.78 is 13.2. The van der Waals surface area contributed by atoms with Gasteiger partial charge in [-0.05, 0) is 37.5 Å². The van der Waals surface area contributed by atoms with Gasteiger partial charge in [0.25, 0.3) is 0 Å². The molecule has 0 heterocycles. The van der Waals surface area contributed by atoms with E-state index in [1.165, 1.54) is 25.7 Å². The third-order valence-electron chi connectivity index (χ3n) is 4.34. The molecule has 0 fully saturated rings. The fourth-order valence-corrected chi connectivity index (χ4v) is 7.90. The highest BCUT2D eigenvalue weighted by atomic mass is 28.4. The highest BCUT2D eigenvalue weighted by molar-refractivity contribution is 6.71. The van der Waals surface area contributed by atoms with Crippen molar-refractivity contribution >= 4 is 8.56 Å². The van der Waals surface area contributed by atoms with Crippen LogP contribution in [0.1, 0.15) is 53.4 Å². The van der Waals surface area contributed by atoms with E-state index in [0.29, 0.717) is 22.9 Å². The first-order valence-corrected chi connectivity index (χ1v) is 10.6. The van der Waals surface area contributed by atoms with Crippen LogP contribution < -0.4 is 0 Å². The first kappa shape index (κ1) is 17.0.